The van der Waals surface area contributed by atoms with Gasteiger partial charge in [-0.05, 0) is 30.0 Å². The minimum absolute atomic E-state index is 0.0776. The molecule has 2 aromatic rings. The molecule has 1 N–H and O–H groups in total. The first kappa shape index (κ1) is 19.2. The Labute approximate surface area is 163 Å². The molecule has 2 heterocycles. The quantitative estimate of drug-likeness (QED) is 0.743. The smallest absolute Gasteiger partial charge is 0.313 e. The van der Waals surface area contributed by atoms with Crippen molar-refractivity contribution in [3.63, 3.8) is 0 Å². The van der Waals surface area contributed by atoms with Crippen LogP contribution in [0.15, 0.2) is 42.6 Å². The maximum atomic E-state index is 14.5. The fraction of sp³-hybridized carbons (Fsp3) is 0.350. The first-order chi connectivity index (χ1) is 13.9. The van der Waals surface area contributed by atoms with Gasteiger partial charge in [-0.2, -0.15) is 0 Å². The van der Waals surface area contributed by atoms with Crippen molar-refractivity contribution in [1.29, 1.82) is 0 Å². The zero-order valence-electron chi connectivity index (χ0n) is 15.0. The van der Waals surface area contributed by atoms with Gasteiger partial charge in [-0.25, -0.2) is 18.2 Å². The standard InChI is InChI=1S/C20H17F3N2O4/c21-17(22)18(23)25-16(10-5-8-14(24-9-10)29-11-6-7-11)15(20(27)28)12-3-1-2-4-13(12)19(25)26/h1-5,8-9,11,15-18H,6-7H2,(H,27,28). The Morgan fingerprint density at radius 1 is 1.17 bits per heavy atom. The molecule has 4 rings (SSSR count). The molecule has 1 aromatic heterocycles. The Balaban J connectivity index is 1.81. The normalized spacial score (nSPS) is 22.3. The monoisotopic (exact) mass is 406 g/mol. The van der Waals surface area contributed by atoms with Crippen molar-refractivity contribution in [3.05, 3.63) is 59.3 Å². The summed E-state index contributed by atoms with van der Waals surface area (Å²) >= 11 is 0. The molecule has 0 radical (unpaired) electrons. The van der Waals surface area contributed by atoms with E-state index in [2.05, 4.69) is 4.98 Å². The van der Waals surface area contributed by atoms with Gasteiger partial charge in [0, 0.05) is 17.8 Å². The number of aliphatic carboxylic acids is 1. The maximum Gasteiger partial charge on any atom is 0.313 e. The molecule has 1 amide bonds. The van der Waals surface area contributed by atoms with Crippen LogP contribution in [0.2, 0.25) is 0 Å². The van der Waals surface area contributed by atoms with Crippen LogP contribution in [-0.4, -0.2) is 45.7 Å². The van der Waals surface area contributed by atoms with Gasteiger partial charge in [0.15, 0.2) is 0 Å². The van der Waals surface area contributed by atoms with Gasteiger partial charge in [-0.3, -0.25) is 14.5 Å². The van der Waals surface area contributed by atoms with Crippen molar-refractivity contribution in [1.82, 2.24) is 9.88 Å². The predicted octanol–water partition coefficient (Wildman–Crippen LogP) is 3.55. The summed E-state index contributed by atoms with van der Waals surface area (Å²) in [6.45, 7) is 0. The van der Waals surface area contributed by atoms with Crippen LogP contribution in [0.5, 0.6) is 5.88 Å². The van der Waals surface area contributed by atoms with E-state index >= 15 is 0 Å². The Bertz CT molecular complexity index is 934. The average Bonchev–Trinajstić information content (AvgIpc) is 3.51. The number of benzene rings is 1. The van der Waals surface area contributed by atoms with E-state index in [0.29, 0.717) is 10.8 Å². The third-order valence-electron chi connectivity index (χ3n) is 5.03. The molecule has 3 atom stereocenters. The molecule has 1 fully saturated rings. The summed E-state index contributed by atoms with van der Waals surface area (Å²) in [6, 6.07) is 7.16. The van der Waals surface area contributed by atoms with Crippen LogP contribution in [0.1, 0.15) is 46.3 Å². The number of rotatable bonds is 6. The molecule has 152 valence electrons. The van der Waals surface area contributed by atoms with Gasteiger partial charge in [0.1, 0.15) is 12.0 Å². The molecule has 0 bridgehead atoms. The van der Waals surface area contributed by atoms with Gasteiger partial charge in [0.25, 0.3) is 12.3 Å². The number of hydrogen-bond donors (Lipinski definition) is 1. The van der Waals surface area contributed by atoms with Crippen molar-refractivity contribution in [2.75, 3.05) is 0 Å². The lowest BCUT2D eigenvalue weighted by Crippen LogP contribution is -2.50. The Morgan fingerprint density at radius 2 is 1.90 bits per heavy atom. The molecule has 6 nitrogen and oxygen atoms in total. The molecule has 9 heteroatoms. The number of carbonyl (C=O) groups excluding carboxylic acids is 1. The third-order valence-corrected chi connectivity index (χ3v) is 5.03. The number of ether oxygens (including phenoxy) is 1. The van der Waals surface area contributed by atoms with E-state index in [9.17, 15) is 27.9 Å². The second-order valence-corrected chi connectivity index (χ2v) is 7.01. The molecule has 1 aliphatic heterocycles. The lowest BCUT2D eigenvalue weighted by Gasteiger charge is -2.41. The van der Waals surface area contributed by atoms with Crippen LogP contribution in [-0.2, 0) is 4.79 Å². The SMILES string of the molecule is O=C(O)C1c2ccccc2C(=O)N(C(F)C(F)F)C1c1ccc(OC2CC2)nc1. The molecule has 1 aliphatic carbocycles. The average molecular weight is 406 g/mol. The van der Waals surface area contributed by atoms with Gasteiger partial charge in [-0.15, -0.1) is 0 Å². The Kier molecular flexibility index (Phi) is 4.89. The van der Waals surface area contributed by atoms with E-state index in [4.69, 9.17) is 4.74 Å². The summed E-state index contributed by atoms with van der Waals surface area (Å²) in [5.41, 5.74) is 0.166. The largest absolute Gasteiger partial charge is 0.481 e. The van der Waals surface area contributed by atoms with Gasteiger partial charge >= 0.3 is 5.97 Å². The summed E-state index contributed by atoms with van der Waals surface area (Å²) in [5, 5.41) is 9.83. The number of carboxylic acids is 1. The van der Waals surface area contributed by atoms with E-state index in [0.717, 1.165) is 12.8 Å². The molecule has 0 saturated heterocycles. The molecular weight excluding hydrogens is 389 g/mol. The van der Waals surface area contributed by atoms with Crippen LogP contribution in [0.25, 0.3) is 0 Å². The van der Waals surface area contributed by atoms with Crippen LogP contribution in [0.3, 0.4) is 0 Å². The van der Waals surface area contributed by atoms with E-state index in [-0.39, 0.29) is 22.8 Å². The van der Waals surface area contributed by atoms with Crippen molar-refractivity contribution >= 4 is 11.9 Å². The predicted molar refractivity (Wildman–Crippen MR) is 94.5 cm³/mol. The van der Waals surface area contributed by atoms with E-state index in [1.165, 1.54) is 36.5 Å². The third kappa shape index (κ3) is 3.52. The highest BCUT2D eigenvalue weighted by molar-refractivity contribution is 6.00. The highest BCUT2D eigenvalue weighted by Gasteiger charge is 2.49. The van der Waals surface area contributed by atoms with Crippen LogP contribution >= 0.6 is 0 Å². The Hall–Kier alpha value is -3.10. The molecule has 3 unspecified atom stereocenters. The van der Waals surface area contributed by atoms with Crippen molar-refractivity contribution in [2.45, 2.75) is 43.6 Å². The number of hydrogen-bond acceptors (Lipinski definition) is 4. The number of aromatic nitrogens is 1. The van der Waals surface area contributed by atoms with E-state index in [1.54, 1.807) is 6.07 Å². The molecule has 1 aromatic carbocycles. The second kappa shape index (κ2) is 7.38. The molecule has 2 aliphatic rings. The molecule has 29 heavy (non-hydrogen) atoms. The first-order valence-electron chi connectivity index (χ1n) is 9.07. The number of pyridine rings is 1. The van der Waals surface area contributed by atoms with Crippen LogP contribution < -0.4 is 4.74 Å². The van der Waals surface area contributed by atoms with Crippen LogP contribution in [0, 0.1) is 0 Å². The number of nitrogens with zero attached hydrogens (tertiary/aromatic N) is 2. The minimum atomic E-state index is -3.49. The van der Waals surface area contributed by atoms with E-state index < -0.39 is 36.6 Å². The summed E-state index contributed by atoms with van der Waals surface area (Å²) in [7, 11) is 0. The van der Waals surface area contributed by atoms with Gasteiger partial charge < -0.3 is 9.84 Å². The molecule has 1 saturated carbocycles. The molecular formula is C20H17F3N2O4. The van der Waals surface area contributed by atoms with Crippen molar-refractivity contribution in [3.8, 4) is 5.88 Å². The number of alkyl halides is 3. The Morgan fingerprint density at radius 3 is 2.48 bits per heavy atom. The van der Waals surface area contributed by atoms with Gasteiger partial charge in [-0.1, -0.05) is 24.3 Å². The number of halogens is 3. The van der Waals surface area contributed by atoms with Gasteiger partial charge in [0.05, 0.1) is 6.04 Å². The topological polar surface area (TPSA) is 79.7 Å². The van der Waals surface area contributed by atoms with Crippen molar-refractivity contribution < 1.29 is 32.6 Å². The zero-order chi connectivity index (χ0) is 20.7. The zero-order valence-corrected chi connectivity index (χ0v) is 15.0. The number of carbonyl (C=O) groups is 2. The fourth-order valence-electron chi connectivity index (χ4n) is 3.56. The number of amides is 1. The number of carboxylic acid groups (broad SMARTS) is 1. The lowest BCUT2D eigenvalue weighted by molar-refractivity contribution is -0.142. The molecule has 0 spiro atoms. The second-order valence-electron chi connectivity index (χ2n) is 7.01. The van der Waals surface area contributed by atoms with Crippen molar-refractivity contribution in [2.24, 2.45) is 0 Å². The fourth-order valence-corrected chi connectivity index (χ4v) is 3.56. The highest BCUT2D eigenvalue weighted by Crippen LogP contribution is 2.44. The summed E-state index contributed by atoms with van der Waals surface area (Å²) in [6.07, 6.45) is -3.33. The lowest BCUT2D eigenvalue weighted by atomic mass is 9.80. The van der Waals surface area contributed by atoms with Crippen LogP contribution in [0.4, 0.5) is 13.2 Å². The minimum Gasteiger partial charge on any atom is -0.481 e. The van der Waals surface area contributed by atoms with Gasteiger partial charge in [0.2, 0.25) is 12.2 Å². The number of fused-ring (bicyclic) bond motifs is 1. The summed E-state index contributed by atoms with van der Waals surface area (Å²) < 4.78 is 46.5. The first-order valence-corrected chi connectivity index (χ1v) is 9.07. The van der Waals surface area contributed by atoms with E-state index in [1.807, 2.05) is 0 Å². The summed E-state index contributed by atoms with van der Waals surface area (Å²) in [4.78, 5) is 29.3. The highest BCUT2D eigenvalue weighted by atomic mass is 19.3. The summed E-state index contributed by atoms with van der Waals surface area (Å²) in [5.74, 6) is -3.49. The maximum absolute atomic E-state index is 14.5.